The molecule has 0 aliphatic heterocycles. The van der Waals surface area contributed by atoms with E-state index < -0.39 is 82.2 Å². The minimum absolute atomic E-state index is 0.0252. The van der Waals surface area contributed by atoms with Gasteiger partial charge in [-0.15, -0.1) is 0 Å². The van der Waals surface area contributed by atoms with Crippen LogP contribution in [0.15, 0.2) is 267 Å². The van der Waals surface area contributed by atoms with Crippen LogP contribution in [0.2, 0.25) is 0 Å². The number of phenolic OH excluding ortho intramolecular Hbond substituents is 7. The molecule has 0 radical (unpaired) electrons. The number of hydrogen-bond donors (Lipinski definition) is 7. The molecule has 0 fully saturated rings. The number of hydrogen-bond acceptors (Lipinski definition) is 7. The Hall–Kier alpha value is -10.8. The molecule has 0 aliphatic rings. The first-order chi connectivity index (χ1) is 68.8. The van der Waals surface area contributed by atoms with Crippen LogP contribution < -0.4 is 74.3 Å². The van der Waals surface area contributed by atoms with E-state index in [9.17, 15) is 128 Å². The summed E-state index contributed by atoms with van der Waals surface area (Å²) in [6, 6.07) is 67.1. The molecule has 0 aliphatic carbocycles. The maximum Gasteiger partial charge on any atom is 0.417 e. The zero-order valence-electron chi connectivity index (χ0n) is 84.5. The van der Waals surface area contributed by atoms with Gasteiger partial charge in [0.1, 0.15) is 40.2 Å². The number of para-hydroxylation sites is 2. The van der Waals surface area contributed by atoms with Crippen molar-refractivity contribution < 1.29 is 128 Å². The molecule has 0 bridgehead atoms. The molecule has 0 saturated carbocycles. The number of halogens is 21. The van der Waals surface area contributed by atoms with E-state index in [1.54, 1.807) is 144 Å². The number of alkyl halides is 21. The normalized spacial score (nSPS) is 12.6. The van der Waals surface area contributed by atoms with Crippen molar-refractivity contribution in [3.8, 4) is 40.2 Å². The van der Waals surface area contributed by atoms with Gasteiger partial charge < -0.3 is 35.7 Å². The van der Waals surface area contributed by atoms with Crippen molar-refractivity contribution in [1.82, 2.24) is 0 Å². The van der Waals surface area contributed by atoms with Crippen LogP contribution in [0.4, 0.5) is 92.2 Å². The zero-order chi connectivity index (χ0) is 112. The van der Waals surface area contributed by atoms with Crippen LogP contribution >= 0.6 is 60.1 Å². The second kappa shape index (κ2) is 51.1. The van der Waals surface area contributed by atoms with Crippen molar-refractivity contribution >= 4 is 134 Å². The van der Waals surface area contributed by atoms with E-state index in [-0.39, 0.29) is 160 Å². The lowest BCUT2D eigenvalue weighted by Gasteiger charge is -2.24. The fraction of sp³-hybridized carbons (Fsp3) is 0.263. The maximum absolute atomic E-state index is 13.3. The van der Waals surface area contributed by atoms with Crippen LogP contribution in [-0.4, -0.2) is 35.7 Å². The molecule has 0 spiro atoms. The number of aromatic hydroxyl groups is 7. The molecular formula is C114H116F21O7P7. The number of phenols is 7. The van der Waals surface area contributed by atoms with Crippen molar-refractivity contribution in [3.63, 3.8) is 0 Å². The van der Waals surface area contributed by atoms with E-state index in [1.807, 2.05) is 127 Å². The van der Waals surface area contributed by atoms with Crippen LogP contribution in [0.3, 0.4) is 0 Å². The lowest BCUT2D eigenvalue weighted by Crippen LogP contribution is -2.20. The Kier molecular flexibility index (Phi) is 42.3. The monoisotopic (exact) mass is 2210 g/mol. The van der Waals surface area contributed by atoms with E-state index in [0.717, 1.165) is 81.4 Å². The smallest absolute Gasteiger partial charge is 0.417 e. The molecule has 7 atom stereocenters. The third-order valence-corrected chi connectivity index (χ3v) is 32.7. The topological polar surface area (TPSA) is 142 Å². The van der Waals surface area contributed by atoms with Gasteiger partial charge >= 0.3 is 43.2 Å². The Balaban J connectivity index is 0.000000212. The second-order valence-corrected chi connectivity index (χ2v) is 47.6. The highest BCUT2D eigenvalue weighted by Gasteiger charge is 2.41. The minimum atomic E-state index is -4.40. The zero-order valence-corrected chi connectivity index (χ0v) is 91.5. The molecule has 0 saturated heterocycles. The SMILES string of the molecule is CC(C)c1cc(Pc2ccccc2C(F)(F)F)c(O)c(C(C)(C)C)c1.Cc1cc(C(C)(C)C)cc(Pc2ccccc2C(F)(F)F)c1O.Cc1cc(C)c(O)c(Pc2ccccc2C(F)(F)F)c1.Cc1cc(Pc2ccccc2C(F)(F)F)c(O)c(C(C)(C)C)c1.Cc1ccc(O)c(Pc2ccccc2C(F)(F)F)c1.Cc1cccc(C(F)(F)F)c1Pc1ccccc1O.Cc1cccc(Pc2c(C)cccc2C(F)(F)F)c1O. The van der Waals surface area contributed by atoms with Gasteiger partial charge in [0, 0.05) is 48.3 Å². The Labute approximate surface area is 867 Å². The van der Waals surface area contributed by atoms with Gasteiger partial charge in [-0.05, 0) is 250 Å². The summed E-state index contributed by atoms with van der Waals surface area (Å²) in [6.07, 6.45) is -30.7. The lowest BCUT2D eigenvalue weighted by atomic mass is 9.84. The summed E-state index contributed by atoms with van der Waals surface area (Å²) in [5, 5.41) is 76.1. The average Bonchev–Trinajstić information content (AvgIpc) is 0.787. The van der Waals surface area contributed by atoms with Gasteiger partial charge in [-0.3, -0.25) is 0 Å². The quantitative estimate of drug-likeness (QED) is 0.0400. The first-order valence-electron chi connectivity index (χ1n) is 46.0. The Morgan fingerprint density at radius 1 is 0.195 bits per heavy atom. The van der Waals surface area contributed by atoms with Gasteiger partial charge in [-0.1, -0.05) is 324 Å². The molecule has 0 amide bonds. The van der Waals surface area contributed by atoms with Crippen LogP contribution in [0.1, 0.15) is 188 Å². The van der Waals surface area contributed by atoms with Crippen molar-refractivity contribution in [2.75, 3.05) is 0 Å². The third kappa shape index (κ3) is 35.4. The molecule has 7 nitrogen and oxygen atoms in total. The van der Waals surface area contributed by atoms with Gasteiger partial charge in [0.25, 0.3) is 0 Å². The van der Waals surface area contributed by atoms with Gasteiger partial charge in [0.05, 0.1) is 38.9 Å². The van der Waals surface area contributed by atoms with Crippen molar-refractivity contribution in [3.05, 3.63) is 373 Å². The molecule has 14 aromatic rings. The van der Waals surface area contributed by atoms with Crippen LogP contribution in [-0.2, 0) is 59.5 Å². The fourth-order valence-corrected chi connectivity index (χ4v) is 24.5. The molecule has 0 aromatic heterocycles. The highest BCUT2D eigenvalue weighted by Crippen LogP contribution is 2.44. The standard InChI is InChI=1S/C20H24F3OP.2C18H20F3OP.2C15H14F3OP.2C14H12F3OP/c1-12(2)13-10-15(19(3,4)5)18(24)17(11-13)25-16-9-7-6-8-14(16)20(21,22)23;1-11-9-12(17(2,3)4)10-15(16(11)22)23-14-8-6-5-7-13(14)18(19,20)21;1-11-9-13(17(2,3)4)16(22)15(10-11)23-14-8-6-5-7-12(14)18(19,20)21;1-9-5-4-8-12(13(9)19)20-14-10(2)6-3-7-11(14)15(16,17)18;1-9-7-10(2)14(19)13(8-9)20-12-6-4-3-5-11(12)15(16,17)18;1-9-5-4-6-10(14(15,16)17)13(9)19-12-8-3-2-7-11(12)18;1-9-6-7-11(18)13(8-9)19-12-5-3-2-4-10(12)14(15,16)17/h6-12,24-25H,1-5H3;2*5-10,22-23H,1-4H3;2*3-8,19-20H,1-2H3;2*2-8,18-19H,1H3. The predicted molar refractivity (Wildman–Crippen MR) is 578 cm³/mol. The van der Waals surface area contributed by atoms with Gasteiger partial charge in [0.2, 0.25) is 0 Å². The number of benzene rings is 14. The first-order valence-corrected chi connectivity index (χ1v) is 53.0. The second-order valence-electron chi connectivity index (χ2n) is 38.3. The number of aryl methyl sites for hydroxylation is 8. The Morgan fingerprint density at radius 3 is 0.819 bits per heavy atom. The molecule has 7 unspecified atom stereocenters. The molecule has 149 heavy (non-hydrogen) atoms. The Bertz CT molecular complexity index is 6890. The summed E-state index contributed by atoms with van der Waals surface area (Å²) in [5.41, 5.74) is 4.32. The molecule has 0 heterocycles. The van der Waals surface area contributed by atoms with Crippen molar-refractivity contribution in [2.45, 2.75) is 197 Å². The van der Waals surface area contributed by atoms with Gasteiger partial charge in [-0.2, -0.15) is 92.2 Å². The molecule has 14 rings (SSSR count). The summed E-state index contributed by atoms with van der Waals surface area (Å²) in [6.45, 7) is 36.2. The van der Waals surface area contributed by atoms with Crippen LogP contribution in [0.25, 0.3) is 0 Å². The minimum Gasteiger partial charge on any atom is -0.507 e. The summed E-state index contributed by atoms with van der Waals surface area (Å²) in [5.74, 6) is 0.702. The van der Waals surface area contributed by atoms with Crippen molar-refractivity contribution in [2.24, 2.45) is 0 Å². The molecule has 7 N–H and O–H groups in total. The summed E-state index contributed by atoms with van der Waals surface area (Å²) in [7, 11) is -1.66. The third-order valence-electron chi connectivity index (χ3n) is 22.8. The highest BCUT2D eigenvalue weighted by molar-refractivity contribution is 7.58. The number of rotatable bonds is 15. The molecule has 796 valence electrons. The van der Waals surface area contributed by atoms with E-state index in [1.165, 1.54) is 84.9 Å². The summed E-state index contributed by atoms with van der Waals surface area (Å²) in [4.78, 5) is 0. The molecular weight excluding hydrogens is 2100 g/mol. The van der Waals surface area contributed by atoms with Crippen LogP contribution in [0, 0.1) is 55.4 Å². The highest BCUT2D eigenvalue weighted by atomic mass is 31.1. The maximum atomic E-state index is 13.3. The van der Waals surface area contributed by atoms with E-state index in [4.69, 9.17) is 0 Å². The van der Waals surface area contributed by atoms with Crippen LogP contribution in [0.5, 0.6) is 40.2 Å². The largest absolute Gasteiger partial charge is 0.507 e. The average molecular weight is 2210 g/mol. The molecule has 14 aromatic carbocycles. The van der Waals surface area contributed by atoms with Gasteiger partial charge in [0.15, 0.2) is 0 Å². The van der Waals surface area contributed by atoms with E-state index in [0.29, 0.717) is 64.9 Å². The lowest BCUT2D eigenvalue weighted by molar-refractivity contribution is -0.137. The summed E-state index contributed by atoms with van der Waals surface area (Å²) >= 11 is 0. The first kappa shape index (κ1) is 123. The molecule has 35 heteroatoms. The van der Waals surface area contributed by atoms with Gasteiger partial charge in [-0.25, -0.2) is 0 Å². The van der Waals surface area contributed by atoms with Crippen molar-refractivity contribution in [1.29, 1.82) is 0 Å². The predicted octanol–water partition coefficient (Wildman–Crippen LogP) is 28.8. The van der Waals surface area contributed by atoms with E-state index in [2.05, 4.69) is 0 Å². The van der Waals surface area contributed by atoms with E-state index >= 15 is 0 Å². The Morgan fingerprint density at radius 2 is 0.463 bits per heavy atom. The fourth-order valence-electron chi connectivity index (χ4n) is 14.9. The summed E-state index contributed by atoms with van der Waals surface area (Å²) < 4.78 is 274.